The van der Waals surface area contributed by atoms with E-state index in [-0.39, 0.29) is 11.6 Å². The molecular weight excluding hydrogens is 396 g/mol. The standard InChI is InChI=1S/C22H20N6O3/c1-14-12-16(3)26(24-14)18-6-4-17(5-7-18)22(29)23-21-13-15(2)25-27(21)19-8-10-20(11-9-19)28(30)31/h4-13H,1-3H3,(H,23,29). The molecule has 4 rings (SSSR count). The number of nitro benzene ring substituents is 1. The smallest absolute Gasteiger partial charge is 0.269 e. The molecule has 0 spiro atoms. The fourth-order valence-corrected chi connectivity index (χ4v) is 3.33. The minimum Gasteiger partial charge on any atom is -0.306 e. The minimum atomic E-state index is -0.462. The molecule has 0 radical (unpaired) electrons. The van der Waals surface area contributed by atoms with Crippen LogP contribution in [-0.2, 0) is 0 Å². The van der Waals surface area contributed by atoms with E-state index in [0.717, 1.165) is 17.1 Å². The van der Waals surface area contributed by atoms with Crippen molar-refractivity contribution < 1.29 is 9.72 Å². The van der Waals surface area contributed by atoms with Gasteiger partial charge in [0.05, 0.1) is 27.7 Å². The molecule has 0 unspecified atom stereocenters. The minimum absolute atomic E-state index is 0.0130. The Balaban J connectivity index is 1.56. The van der Waals surface area contributed by atoms with Crippen LogP contribution in [0, 0.1) is 30.9 Å². The number of aryl methyl sites for hydroxylation is 3. The number of anilines is 1. The Morgan fingerprint density at radius 3 is 2.00 bits per heavy atom. The highest BCUT2D eigenvalue weighted by molar-refractivity contribution is 6.04. The number of hydrogen-bond acceptors (Lipinski definition) is 5. The summed E-state index contributed by atoms with van der Waals surface area (Å²) in [5.74, 6) is 0.182. The zero-order valence-corrected chi connectivity index (χ0v) is 17.2. The maximum absolute atomic E-state index is 12.8. The number of benzene rings is 2. The third kappa shape index (κ3) is 4.06. The van der Waals surface area contributed by atoms with Crippen LogP contribution in [-0.4, -0.2) is 30.4 Å². The number of non-ortho nitro benzene ring substituents is 1. The first-order chi connectivity index (χ1) is 14.8. The first-order valence-electron chi connectivity index (χ1n) is 9.58. The van der Waals surface area contributed by atoms with Crippen LogP contribution in [0.5, 0.6) is 0 Å². The Bertz CT molecular complexity index is 1270. The van der Waals surface area contributed by atoms with Crippen molar-refractivity contribution in [3.63, 3.8) is 0 Å². The highest BCUT2D eigenvalue weighted by Gasteiger charge is 2.14. The summed E-state index contributed by atoms with van der Waals surface area (Å²) in [6.07, 6.45) is 0. The topological polar surface area (TPSA) is 108 Å². The fourth-order valence-electron chi connectivity index (χ4n) is 3.33. The first kappa shape index (κ1) is 20.0. The molecule has 0 saturated carbocycles. The number of rotatable bonds is 5. The lowest BCUT2D eigenvalue weighted by Gasteiger charge is -2.10. The van der Waals surface area contributed by atoms with Crippen LogP contribution in [0.2, 0.25) is 0 Å². The van der Waals surface area contributed by atoms with Crippen LogP contribution in [0.4, 0.5) is 11.5 Å². The molecule has 2 aromatic carbocycles. The maximum atomic E-state index is 12.8. The monoisotopic (exact) mass is 416 g/mol. The molecule has 2 heterocycles. The lowest BCUT2D eigenvalue weighted by Crippen LogP contribution is -2.15. The number of nitro groups is 1. The van der Waals surface area contributed by atoms with Crippen molar-refractivity contribution in [3.8, 4) is 11.4 Å². The van der Waals surface area contributed by atoms with Crippen molar-refractivity contribution in [2.24, 2.45) is 0 Å². The number of carbonyl (C=O) groups excluding carboxylic acids is 1. The molecule has 0 saturated heterocycles. The van der Waals surface area contributed by atoms with E-state index in [2.05, 4.69) is 15.5 Å². The lowest BCUT2D eigenvalue weighted by molar-refractivity contribution is -0.384. The van der Waals surface area contributed by atoms with Crippen molar-refractivity contribution in [1.29, 1.82) is 0 Å². The van der Waals surface area contributed by atoms with Crippen LogP contribution in [0.25, 0.3) is 11.4 Å². The zero-order chi connectivity index (χ0) is 22.1. The van der Waals surface area contributed by atoms with Gasteiger partial charge in [-0.15, -0.1) is 0 Å². The van der Waals surface area contributed by atoms with Crippen LogP contribution >= 0.6 is 0 Å². The molecule has 1 amide bonds. The number of carbonyl (C=O) groups is 1. The second kappa shape index (κ2) is 7.86. The Labute approximate surface area is 178 Å². The molecule has 4 aromatic rings. The molecule has 0 bridgehead atoms. The molecule has 9 heteroatoms. The van der Waals surface area contributed by atoms with E-state index in [9.17, 15) is 14.9 Å². The summed E-state index contributed by atoms with van der Waals surface area (Å²) in [6, 6.07) is 16.9. The summed E-state index contributed by atoms with van der Waals surface area (Å²) >= 11 is 0. The molecule has 1 N–H and O–H groups in total. The van der Waals surface area contributed by atoms with Gasteiger partial charge >= 0.3 is 0 Å². The maximum Gasteiger partial charge on any atom is 0.269 e. The van der Waals surface area contributed by atoms with Crippen LogP contribution in [0.1, 0.15) is 27.4 Å². The fraction of sp³-hybridized carbons (Fsp3) is 0.136. The summed E-state index contributed by atoms with van der Waals surface area (Å²) in [5, 5.41) is 22.6. The average molecular weight is 416 g/mol. The van der Waals surface area contributed by atoms with Gasteiger partial charge in [-0.1, -0.05) is 0 Å². The largest absolute Gasteiger partial charge is 0.306 e. The summed E-state index contributed by atoms with van der Waals surface area (Å²) in [4.78, 5) is 23.2. The van der Waals surface area contributed by atoms with Gasteiger partial charge < -0.3 is 5.32 Å². The number of nitrogens with zero attached hydrogens (tertiary/aromatic N) is 5. The van der Waals surface area contributed by atoms with Crippen molar-refractivity contribution in [1.82, 2.24) is 19.6 Å². The Morgan fingerprint density at radius 2 is 1.42 bits per heavy atom. The van der Waals surface area contributed by atoms with E-state index in [0.29, 0.717) is 22.8 Å². The first-order valence-corrected chi connectivity index (χ1v) is 9.58. The lowest BCUT2D eigenvalue weighted by atomic mass is 10.2. The van der Waals surface area contributed by atoms with Crippen molar-refractivity contribution in [2.75, 3.05) is 5.32 Å². The quantitative estimate of drug-likeness (QED) is 0.388. The van der Waals surface area contributed by atoms with Gasteiger partial charge in [0.2, 0.25) is 0 Å². The number of aromatic nitrogens is 4. The summed E-state index contributed by atoms with van der Waals surface area (Å²) < 4.78 is 3.37. The molecule has 0 fully saturated rings. The van der Waals surface area contributed by atoms with Crippen molar-refractivity contribution >= 4 is 17.4 Å². The molecule has 0 aliphatic rings. The van der Waals surface area contributed by atoms with Crippen molar-refractivity contribution in [2.45, 2.75) is 20.8 Å². The Morgan fingerprint density at radius 1 is 0.871 bits per heavy atom. The molecular formula is C22H20N6O3. The molecule has 0 aliphatic carbocycles. The number of amides is 1. The number of hydrogen-bond donors (Lipinski definition) is 1. The summed E-state index contributed by atoms with van der Waals surface area (Å²) in [5.41, 5.74) is 4.59. The van der Waals surface area contributed by atoms with E-state index in [1.807, 2.05) is 36.7 Å². The average Bonchev–Trinajstić information content (AvgIpc) is 3.28. The van der Waals surface area contributed by atoms with E-state index in [4.69, 9.17) is 0 Å². The highest BCUT2D eigenvalue weighted by atomic mass is 16.6. The van der Waals surface area contributed by atoms with E-state index < -0.39 is 4.92 Å². The predicted molar refractivity (Wildman–Crippen MR) is 116 cm³/mol. The predicted octanol–water partition coefficient (Wildman–Crippen LogP) is 4.14. The van der Waals surface area contributed by atoms with E-state index in [1.165, 1.54) is 12.1 Å². The molecule has 31 heavy (non-hydrogen) atoms. The molecule has 0 atom stereocenters. The third-order valence-corrected chi connectivity index (χ3v) is 4.76. The van der Waals surface area contributed by atoms with Gasteiger partial charge in [-0.25, -0.2) is 9.36 Å². The second-order valence-corrected chi connectivity index (χ2v) is 7.20. The van der Waals surface area contributed by atoms with E-state index >= 15 is 0 Å². The van der Waals surface area contributed by atoms with Gasteiger partial charge in [0.15, 0.2) is 0 Å². The molecule has 9 nitrogen and oxygen atoms in total. The van der Waals surface area contributed by atoms with Gasteiger partial charge in [-0.3, -0.25) is 14.9 Å². The van der Waals surface area contributed by atoms with Crippen LogP contribution in [0.15, 0.2) is 60.7 Å². The molecule has 156 valence electrons. The van der Waals surface area contributed by atoms with E-state index in [1.54, 1.807) is 41.9 Å². The van der Waals surface area contributed by atoms with Crippen molar-refractivity contribution in [3.05, 3.63) is 93.4 Å². The normalized spacial score (nSPS) is 10.8. The SMILES string of the molecule is Cc1cc(C)n(-c2ccc(C(=O)Nc3cc(C)nn3-c3ccc([N+](=O)[O-])cc3)cc2)n1. The van der Waals surface area contributed by atoms with Crippen LogP contribution in [0.3, 0.4) is 0 Å². The summed E-state index contributed by atoms with van der Waals surface area (Å²) in [6.45, 7) is 5.71. The van der Waals surface area contributed by atoms with Gasteiger partial charge in [0, 0.05) is 29.5 Å². The van der Waals surface area contributed by atoms with Gasteiger partial charge in [0.25, 0.3) is 11.6 Å². The zero-order valence-electron chi connectivity index (χ0n) is 17.2. The number of nitrogens with one attached hydrogen (secondary N) is 1. The van der Waals surface area contributed by atoms with Gasteiger partial charge in [-0.05, 0) is 63.2 Å². The Kier molecular flexibility index (Phi) is 5.08. The third-order valence-electron chi connectivity index (χ3n) is 4.76. The summed E-state index contributed by atoms with van der Waals surface area (Å²) in [7, 11) is 0. The Hall–Kier alpha value is -4.27. The second-order valence-electron chi connectivity index (χ2n) is 7.20. The van der Waals surface area contributed by atoms with Crippen LogP contribution < -0.4 is 5.32 Å². The molecule has 0 aliphatic heterocycles. The van der Waals surface area contributed by atoms with Gasteiger partial charge in [0.1, 0.15) is 5.82 Å². The highest BCUT2D eigenvalue weighted by Crippen LogP contribution is 2.21. The molecule has 2 aromatic heterocycles. The van der Waals surface area contributed by atoms with Gasteiger partial charge in [-0.2, -0.15) is 10.2 Å².